The largest absolute Gasteiger partial charge is 0.458 e. The molecule has 2 aliphatic heterocycles. The predicted molar refractivity (Wildman–Crippen MR) is 69.1 cm³/mol. The Hall–Kier alpha value is -2.11. The molecular formula is C14H17NO5. The highest BCUT2D eigenvalue weighted by atomic mass is 16.7. The minimum atomic E-state index is -0.795. The van der Waals surface area contributed by atoms with E-state index in [1.807, 2.05) is 0 Å². The van der Waals surface area contributed by atoms with Crippen LogP contribution >= 0.6 is 0 Å². The zero-order valence-electron chi connectivity index (χ0n) is 11.5. The molecule has 0 N–H and O–H groups in total. The first-order valence-corrected chi connectivity index (χ1v) is 6.55. The van der Waals surface area contributed by atoms with E-state index in [-0.39, 0.29) is 11.8 Å². The topological polar surface area (TPSA) is 72.9 Å². The lowest BCUT2D eigenvalue weighted by atomic mass is 10.1. The lowest BCUT2D eigenvalue weighted by molar-refractivity contribution is -0.152. The summed E-state index contributed by atoms with van der Waals surface area (Å²) in [7, 11) is 0. The molecule has 0 aromatic rings. The number of imide groups is 1. The van der Waals surface area contributed by atoms with Crippen molar-refractivity contribution >= 4 is 17.8 Å². The normalized spacial score (nSPS) is 25.3. The van der Waals surface area contributed by atoms with E-state index >= 15 is 0 Å². The van der Waals surface area contributed by atoms with Gasteiger partial charge in [0.1, 0.15) is 0 Å². The summed E-state index contributed by atoms with van der Waals surface area (Å²) >= 11 is 0. The molecule has 6 nitrogen and oxygen atoms in total. The zero-order chi connectivity index (χ0) is 14.7. The second kappa shape index (κ2) is 5.90. The molecule has 1 saturated heterocycles. The Balaban J connectivity index is 2.06. The summed E-state index contributed by atoms with van der Waals surface area (Å²) in [6.45, 7) is 3.43. The van der Waals surface area contributed by atoms with Crippen molar-refractivity contribution in [3.63, 3.8) is 0 Å². The van der Waals surface area contributed by atoms with E-state index in [0.717, 1.165) is 12.8 Å². The smallest absolute Gasteiger partial charge is 0.336 e. The van der Waals surface area contributed by atoms with Crippen molar-refractivity contribution in [2.24, 2.45) is 0 Å². The van der Waals surface area contributed by atoms with E-state index < -0.39 is 12.3 Å². The molecule has 0 spiro atoms. The maximum atomic E-state index is 12.2. The van der Waals surface area contributed by atoms with E-state index in [9.17, 15) is 14.4 Å². The van der Waals surface area contributed by atoms with Gasteiger partial charge < -0.3 is 9.47 Å². The number of esters is 1. The average molecular weight is 279 g/mol. The van der Waals surface area contributed by atoms with Gasteiger partial charge in [0.05, 0.1) is 11.8 Å². The monoisotopic (exact) mass is 279 g/mol. The van der Waals surface area contributed by atoms with Crippen LogP contribution in [0.2, 0.25) is 0 Å². The summed E-state index contributed by atoms with van der Waals surface area (Å²) in [5.41, 5.74) is 0.901. The van der Waals surface area contributed by atoms with Crippen molar-refractivity contribution in [1.82, 2.24) is 4.90 Å². The maximum absolute atomic E-state index is 12.2. The average Bonchev–Trinajstić information content (AvgIpc) is 2.59. The van der Waals surface area contributed by atoms with Crippen LogP contribution in [0.3, 0.4) is 0 Å². The number of rotatable bonds is 2. The van der Waals surface area contributed by atoms with E-state index in [4.69, 9.17) is 9.47 Å². The van der Waals surface area contributed by atoms with Crippen LogP contribution in [0.15, 0.2) is 23.5 Å². The molecule has 0 aromatic carbocycles. The van der Waals surface area contributed by atoms with Gasteiger partial charge in [-0.25, -0.2) is 4.79 Å². The molecule has 1 unspecified atom stereocenters. The number of carbonyl (C=O) groups excluding carboxylic acids is 3. The van der Waals surface area contributed by atoms with Crippen LogP contribution in [0.4, 0.5) is 0 Å². The Labute approximate surface area is 117 Å². The highest BCUT2D eigenvalue weighted by Gasteiger charge is 2.26. The van der Waals surface area contributed by atoms with Gasteiger partial charge in [-0.05, 0) is 26.2 Å². The van der Waals surface area contributed by atoms with Gasteiger partial charge in [-0.15, -0.1) is 0 Å². The molecule has 2 amide bonds. The first-order chi connectivity index (χ1) is 9.49. The van der Waals surface area contributed by atoms with Crippen LogP contribution in [0, 0.1) is 0 Å². The Kier molecular flexibility index (Phi) is 4.22. The van der Waals surface area contributed by atoms with Gasteiger partial charge in [-0.1, -0.05) is 0 Å². The lowest BCUT2D eigenvalue weighted by Crippen LogP contribution is -2.35. The number of cyclic esters (lactones) is 1. The Morgan fingerprint density at radius 3 is 2.80 bits per heavy atom. The summed E-state index contributed by atoms with van der Waals surface area (Å²) in [6, 6.07) is 0. The first-order valence-electron chi connectivity index (χ1n) is 6.55. The number of ether oxygens (including phenoxy) is 2. The van der Waals surface area contributed by atoms with Crippen molar-refractivity contribution in [3.8, 4) is 0 Å². The summed E-state index contributed by atoms with van der Waals surface area (Å²) in [5.74, 6) is -1.03. The molecule has 2 aliphatic rings. The van der Waals surface area contributed by atoms with E-state index in [1.165, 1.54) is 18.1 Å². The Morgan fingerprint density at radius 1 is 1.45 bits per heavy atom. The molecule has 0 saturated carbocycles. The molecule has 0 aliphatic carbocycles. The van der Waals surface area contributed by atoms with Crippen LogP contribution < -0.4 is 0 Å². The maximum Gasteiger partial charge on any atom is 0.336 e. The highest BCUT2D eigenvalue weighted by Crippen LogP contribution is 2.20. The summed E-state index contributed by atoms with van der Waals surface area (Å²) in [6.07, 6.45) is 4.19. The SMILES string of the molecule is CC(=O)N1CCCC/C(=C\OC2C=C(C)C(=O)O2)C1=O. The number of hydrogen-bond donors (Lipinski definition) is 0. The van der Waals surface area contributed by atoms with Crippen molar-refractivity contribution in [2.75, 3.05) is 6.54 Å². The number of amides is 2. The summed E-state index contributed by atoms with van der Waals surface area (Å²) in [4.78, 5) is 36.0. The molecule has 108 valence electrons. The molecule has 20 heavy (non-hydrogen) atoms. The fraction of sp³-hybridized carbons (Fsp3) is 0.500. The van der Waals surface area contributed by atoms with Crippen molar-refractivity contribution in [3.05, 3.63) is 23.5 Å². The van der Waals surface area contributed by atoms with Crippen LogP contribution in [-0.2, 0) is 23.9 Å². The minimum absolute atomic E-state index is 0.272. The van der Waals surface area contributed by atoms with Crippen LogP contribution in [0.25, 0.3) is 0 Å². The molecule has 1 atom stereocenters. The Morgan fingerprint density at radius 2 is 2.20 bits per heavy atom. The second-order valence-corrected chi connectivity index (χ2v) is 4.84. The first kappa shape index (κ1) is 14.3. The molecule has 2 rings (SSSR count). The molecular weight excluding hydrogens is 262 g/mol. The van der Waals surface area contributed by atoms with Crippen LogP contribution in [-0.4, -0.2) is 35.5 Å². The molecule has 0 radical (unpaired) electrons. The van der Waals surface area contributed by atoms with Crippen molar-refractivity contribution in [1.29, 1.82) is 0 Å². The third-order valence-corrected chi connectivity index (χ3v) is 3.25. The molecule has 0 aromatic heterocycles. The fourth-order valence-electron chi connectivity index (χ4n) is 2.10. The zero-order valence-corrected chi connectivity index (χ0v) is 11.5. The third-order valence-electron chi connectivity index (χ3n) is 3.25. The van der Waals surface area contributed by atoms with Gasteiger partial charge in [0, 0.05) is 25.1 Å². The molecule has 6 heteroatoms. The molecule has 0 bridgehead atoms. The van der Waals surface area contributed by atoms with Gasteiger partial charge >= 0.3 is 5.97 Å². The van der Waals surface area contributed by atoms with E-state index in [2.05, 4.69) is 0 Å². The quantitative estimate of drug-likeness (QED) is 0.432. The third kappa shape index (κ3) is 3.07. The van der Waals surface area contributed by atoms with Gasteiger partial charge in [0.25, 0.3) is 12.2 Å². The number of nitrogens with zero attached hydrogens (tertiary/aromatic N) is 1. The number of likely N-dealkylation sites (tertiary alicyclic amines) is 1. The van der Waals surface area contributed by atoms with Gasteiger partial charge in [0.15, 0.2) is 0 Å². The number of hydrogen-bond acceptors (Lipinski definition) is 5. The predicted octanol–water partition coefficient (Wildman–Crippen LogP) is 1.28. The molecule has 1 fully saturated rings. The standard InChI is InChI=1S/C14H17NO5/c1-9-7-12(20-14(9)18)19-8-11-5-3-4-6-15(10(2)16)13(11)17/h7-8,12H,3-6H2,1-2H3/b11-8+. The summed E-state index contributed by atoms with van der Waals surface area (Å²) < 4.78 is 10.2. The Bertz CT molecular complexity index is 506. The summed E-state index contributed by atoms with van der Waals surface area (Å²) in [5, 5.41) is 0. The van der Waals surface area contributed by atoms with E-state index in [1.54, 1.807) is 13.0 Å². The van der Waals surface area contributed by atoms with Crippen molar-refractivity contribution in [2.45, 2.75) is 39.4 Å². The fourth-order valence-corrected chi connectivity index (χ4v) is 2.10. The molecule has 2 heterocycles. The highest BCUT2D eigenvalue weighted by molar-refractivity contribution is 6.03. The lowest BCUT2D eigenvalue weighted by Gasteiger charge is -2.17. The van der Waals surface area contributed by atoms with Gasteiger partial charge in [0.2, 0.25) is 5.91 Å². The minimum Gasteiger partial charge on any atom is -0.458 e. The second-order valence-electron chi connectivity index (χ2n) is 4.84. The number of carbonyl (C=O) groups is 3. The van der Waals surface area contributed by atoms with Gasteiger partial charge in [-0.2, -0.15) is 0 Å². The van der Waals surface area contributed by atoms with Crippen molar-refractivity contribution < 1.29 is 23.9 Å². The van der Waals surface area contributed by atoms with E-state index in [0.29, 0.717) is 24.1 Å². The van der Waals surface area contributed by atoms with Gasteiger partial charge in [-0.3, -0.25) is 14.5 Å². The van der Waals surface area contributed by atoms with Crippen LogP contribution in [0.5, 0.6) is 0 Å². The van der Waals surface area contributed by atoms with Crippen LogP contribution in [0.1, 0.15) is 33.1 Å².